The molecule has 1 aromatic heterocycles. The van der Waals surface area contributed by atoms with Crippen LogP contribution in [-0.2, 0) is 19.4 Å². The number of anilines is 2. The van der Waals surface area contributed by atoms with Crippen molar-refractivity contribution >= 4 is 62.6 Å². The van der Waals surface area contributed by atoms with E-state index in [-0.39, 0.29) is 33.3 Å². The number of hydrogen-bond acceptors (Lipinski definition) is 7. The number of hydrogen-bond donors (Lipinski definition) is 2. The van der Waals surface area contributed by atoms with Crippen LogP contribution < -0.4 is 15.5 Å². The largest absolute Gasteiger partial charge is 0.356 e. The molecule has 3 heterocycles. The average molecular weight is 615 g/mol. The van der Waals surface area contributed by atoms with Crippen molar-refractivity contribution in [1.29, 1.82) is 0 Å². The Morgan fingerprint density at radius 3 is 2.66 bits per heavy atom. The van der Waals surface area contributed by atoms with Crippen molar-refractivity contribution in [2.45, 2.75) is 29.5 Å². The Bertz CT molecular complexity index is 1600. The molecular formula is C29H29Cl2N5O4S. The minimum absolute atomic E-state index is 0.0464. The summed E-state index contributed by atoms with van der Waals surface area (Å²) in [5.74, 6) is -1.47. The summed E-state index contributed by atoms with van der Waals surface area (Å²) in [7, 11) is -4.61. The highest BCUT2D eigenvalue weighted by Crippen LogP contribution is 2.47. The third-order valence-corrected chi connectivity index (χ3v) is 10.9. The number of aliphatic imine (C=N–C) groups is 1. The summed E-state index contributed by atoms with van der Waals surface area (Å²) in [5.41, 5.74) is 1.02. The van der Waals surface area contributed by atoms with Crippen LogP contribution in [0.3, 0.4) is 0 Å². The van der Waals surface area contributed by atoms with Crippen molar-refractivity contribution in [2.75, 3.05) is 29.9 Å². The molecule has 0 saturated carbocycles. The number of nitrogens with one attached hydrogen (secondary N) is 2. The van der Waals surface area contributed by atoms with Crippen molar-refractivity contribution in [1.82, 2.24) is 10.3 Å². The van der Waals surface area contributed by atoms with Crippen LogP contribution >= 0.6 is 23.2 Å². The predicted octanol–water partition coefficient (Wildman–Crippen LogP) is 4.60. The van der Waals surface area contributed by atoms with Crippen molar-refractivity contribution in [3.8, 4) is 0 Å². The van der Waals surface area contributed by atoms with Gasteiger partial charge in [-0.2, -0.15) is 0 Å². The summed E-state index contributed by atoms with van der Waals surface area (Å²) in [6.45, 7) is 2.49. The number of benzodiazepines with no additional fused rings is 1. The number of piperidine rings is 1. The molecule has 2 N–H and O–H groups in total. The Hall–Kier alpha value is -3.47. The van der Waals surface area contributed by atoms with Gasteiger partial charge < -0.3 is 15.5 Å². The van der Waals surface area contributed by atoms with Crippen molar-refractivity contribution < 1.29 is 18.0 Å². The Morgan fingerprint density at radius 2 is 1.90 bits per heavy atom. The number of carbonyl (C=O) groups is 2. The van der Waals surface area contributed by atoms with E-state index in [1.165, 1.54) is 31.3 Å². The second-order valence-corrected chi connectivity index (χ2v) is 13.0. The number of rotatable bonds is 7. The Balaban J connectivity index is 1.71. The van der Waals surface area contributed by atoms with E-state index in [9.17, 15) is 18.0 Å². The first-order valence-corrected chi connectivity index (χ1v) is 15.4. The van der Waals surface area contributed by atoms with E-state index in [0.29, 0.717) is 43.0 Å². The van der Waals surface area contributed by atoms with E-state index in [1.807, 2.05) is 17.0 Å². The van der Waals surface area contributed by atoms with Gasteiger partial charge in [0.15, 0.2) is 0 Å². The quantitative estimate of drug-likeness (QED) is 0.402. The fraction of sp³-hybridized carbons (Fsp3) is 0.310. The maximum Gasteiger partial charge on any atom is 0.268 e. The van der Waals surface area contributed by atoms with Gasteiger partial charge in [-0.25, -0.2) is 13.4 Å². The molecular weight excluding hydrogens is 585 g/mol. The lowest BCUT2D eigenvalue weighted by molar-refractivity contribution is -0.121. The molecule has 0 bridgehead atoms. The molecule has 41 heavy (non-hydrogen) atoms. The smallest absolute Gasteiger partial charge is 0.268 e. The van der Waals surface area contributed by atoms with Crippen LogP contribution in [0.1, 0.15) is 25.3 Å². The zero-order valence-electron chi connectivity index (χ0n) is 22.3. The van der Waals surface area contributed by atoms with Gasteiger partial charge in [-0.15, -0.1) is 0 Å². The molecule has 1 fully saturated rings. The number of benzene rings is 2. The maximum atomic E-state index is 14.8. The zero-order chi connectivity index (χ0) is 29.2. The lowest BCUT2D eigenvalue weighted by Crippen LogP contribution is -2.60. The number of carbonyl (C=O) groups excluding carboxylic acids is 2. The first-order valence-electron chi connectivity index (χ1n) is 13.2. The van der Waals surface area contributed by atoms with Crippen LogP contribution in [0.4, 0.5) is 11.5 Å². The molecule has 3 atom stereocenters. The van der Waals surface area contributed by atoms with Gasteiger partial charge in [0.05, 0.1) is 14.9 Å². The SMILES string of the molecule is CC(=O)NCCC1CCN(c2ccccn2)CC1C1(S(=O)(=O)c2cccc(Cl)c2Cl)N=Cc2ccccc2NC1=O. The highest BCUT2D eigenvalue weighted by atomic mass is 35.5. The lowest BCUT2D eigenvalue weighted by atomic mass is 9.77. The van der Waals surface area contributed by atoms with Gasteiger partial charge in [-0.3, -0.25) is 14.6 Å². The molecule has 5 rings (SSSR count). The molecule has 2 aliphatic heterocycles. The third-order valence-electron chi connectivity index (χ3n) is 7.67. The van der Waals surface area contributed by atoms with Gasteiger partial charge in [0.25, 0.3) is 5.91 Å². The summed E-state index contributed by atoms with van der Waals surface area (Å²) in [5, 5.41) is 5.52. The minimum atomic E-state index is -4.61. The molecule has 9 nitrogen and oxygen atoms in total. The van der Waals surface area contributed by atoms with E-state index in [1.54, 1.807) is 36.5 Å². The van der Waals surface area contributed by atoms with Gasteiger partial charge in [0.2, 0.25) is 20.6 Å². The first-order chi connectivity index (χ1) is 19.6. The Labute approximate surface area is 248 Å². The van der Waals surface area contributed by atoms with Gasteiger partial charge in [0.1, 0.15) is 5.82 Å². The number of pyridine rings is 1. The van der Waals surface area contributed by atoms with Crippen LogP contribution in [0.2, 0.25) is 10.0 Å². The Morgan fingerprint density at radius 1 is 1.12 bits per heavy atom. The number of nitrogens with zero attached hydrogens (tertiary/aromatic N) is 3. The fourth-order valence-corrected chi connectivity index (χ4v) is 8.40. The predicted molar refractivity (Wildman–Crippen MR) is 160 cm³/mol. The minimum Gasteiger partial charge on any atom is -0.356 e. The molecule has 2 amide bonds. The van der Waals surface area contributed by atoms with E-state index >= 15 is 0 Å². The molecule has 2 aromatic carbocycles. The fourth-order valence-electron chi connectivity index (χ4n) is 5.65. The number of sulfone groups is 1. The first kappa shape index (κ1) is 29.0. The van der Waals surface area contributed by atoms with E-state index < -0.39 is 26.5 Å². The summed E-state index contributed by atoms with van der Waals surface area (Å²) in [6.07, 6.45) is 4.08. The van der Waals surface area contributed by atoms with Crippen molar-refractivity contribution in [3.63, 3.8) is 0 Å². The second-order valence-electron chi connectivity index (χ2n) is 10.1. The molecule has 214 valence electrons. The number of halogens is 2. The van der Waals surface area contributed by atoms with Crippen LogP contribution in [-0.4, -0.2) is 55.9 Å². The zero-order valence-corrected chi connectivity index (χ0v) is 24.6. The molecule has 3 unspecified atom stereocenters. The molecule has 1 saturated heterocycles. The third kappa shape index (κ3) is 5.43. The maximum absolute atomic E-state index is 14.8. The van der Waals surface area contributed by atoms with Crippen molar-refractivity contribution in [3.05, 3.63) is 82.5 Å². The molecule has 0 spiro atoms. The molecule has 0 aliphatic carbocycles. The highest BCUT2D eigenvalue weighted by molar-refractivity contribution is 7.93. The topological polar surface area (TPSA) is 121 Å². The van der Waals surface area contributed by atoms with Crippen LogP contribution in [0.15, 0.2) is 76.7 Å². The standard InChI is InChI=1S/C29H29Cl2N5O4S/c1-19(37)32-15-12-20-13-16-36(26-11-4-5-14-33-26)18-22(20)29(41(39,40)25-10-6-8-23(30)27(25)31)28(38)35-24-9-3-2-7-21(24)17-34-29/h2-11,14,17,20,22H,12-13,15-16,18H2,1H3,(H,32,37)(H,35,38). The van der Waals surface area contributed by atoms with Crippen LogP contribution in [0.25, 0.3) is 0 Å². The van der Waals surface area contributed by atoms with Gasteiger partial charge in [-0.05, 0) is 49.1 Å². The number of fused-ring (bicyclic) bond motifs is 1. The molecule has 3 aromatic rings. The van der Waals surface area contributed by atoms with Crippen LogP contribution in [0.5, 0.6) is 0 Å². The number of para-hydroxylation sites is 1. The number of aromatic nitrogens is 1. The van der Waals surface area contributed by atoms with E-state index in [4.69, 9.17) is 23.2 Å². The van der Waals surface area contributed by atoms with Gasteiger partial charge in [0, 0.05) is 56.1 Å². The van der Waals surface area contributed by atoms with Gasteiger partial charge >= 0.3 is 0 Å². The van der Waals surface area contributed by atoms with E-state index in [2.05, 4.69) is 20.6 Å². The molecule has 12 heteroatoms. The van der Waals surface area contributed by atoms with E-state index in [0.717, 1.165) is 0 Å². The normalized spacial score (nSPS) is 22.4. The Kier molecular flexibility index (Phi) is 8.35. The molecule has 2 aliphatic rings. The lowest BCUT2D eigenvalue weighted by Gasteiger charge is -2.46. The summed E-state index contributed by atoms with van der Waals surface area (Å²) in [4.78, 5) is 34.6. The van der Waals surface area contributed by atoms with Crippen LogP contribution in [0, 0.1) is 11.8 Å². The summed E-state index contributed by atoms with van der Waals surface area (Å²) >= 11 is 12.8. The molecule has 0 radical (unpaired) electrons. The van der Waals surface area contributed by atoms with Gasteiger partial charge in [-0.1, -0.05) is 53.5 Å². The summed E-state index contributed by atoms with van der Waals surface area (Å²) in [6, 6.07) is 16.8. The summed E-state index contributed by atoms with van der Waals surface area (Å²) < 4.78 is 29.7. The average Bonchev–Trinajstić information content (AvgIpc) is 3.11. The monoisotopic (exact) mass is 613 g/mol. The highest BCUT2D eigenvalue weighted by Gasteiger charge is 2.61. The second kappa shape index (κ2) is 11.8. The number of amides is 2. The van der Waals surface area contributed by atoms with Crippen molar-refractivity contribution in [2.24, 2.45) is 16.8 Å².